The summed E-state index contributed by atoms with van der Waals surface area (Å²) in [4.78, 5) is 37.7. The van der Waals surface area contributed by atoms with Gasteiger partial charge in [-0.2, -0.15) is 0 Å². The van der Waals surface area contributed by atoms with Gasteiger partial charge in [-0.15, -0.1) is 0 Å². The zero-order valence-electron chi connectivity index (χ0n) is 35.0. The van der Waals surface area contributed by atoms with Crippen molar-refractivity contribution in [2.45, 2.75) is 173 Å². The van der Waals surface area contributed by atoms with Crippen LogP contribution < -0.4 is 4.89 Å². The Kier molecular flexibility index (Phi) is 28.4. The molecule has 0 spiro atoms. The maximum Gasteiger partial charge on any atom is 0.310 e. The Bertz CT molecular complexity index is 1110. The second-order valence-electron chi connectivity index (χ2n) is 16.3. The molecule has 13 heteroatoms. The number of hydrogen-bond donors (Lipinski definition) is 3. The molecule has 1 aliphatic rings. The Morgan fingerprint density at radius 3 is 1.98 bits per heavy atom. The second kappa shape index (κ2) is 30.4. The maximum atomic E-state index is 12.8. The van der Waals surface area contributed by atoms with E-state index in [9.17, 15) is 34.4 Å². The van der Waals surface area contributed by atoms with Gasteiger partial charge in [-0.05, 0) is 25.2 Å². The van der Waals surface area contributed by atoms with Crippen LogP contribution in [-0.2, 0) is 32.7 Å². The molecule has 0 saturated heterocycles. The highest BCUT2D eigenvalue weighted by molar-refractivity contribution is 7.45. The average molecular weight is 804 g/mol. The zero-order chi connectivity index (χ0) is 41.0. The third-order valence-corrected chi connectivity index (χ3v) is 11.0. The second-order valence-corrected chi connectivity index (χ2v) is 17.8. The molecule has 0 aliphatic heterocycles. The number of carbonyl (C=O) groups excluding carboxylic acids is 2. The molecule has 322 valence electrons. The van der Waals surface area contributed by atoms with Gasteiger partial charge in [-0.1, -0.05) is 134 Å². The molecule has 1 rings (SSSR count). The number of phosphoric ester groups is 1. The molecule has 3 N–H and O–H groups in total. The monoisotopic (exact) mass is 804 g/mol. The van der Waals surface area contributed by atoms with Gasteiger partial charge in [0.05, 0.1) is 52.5 Å². The molecule has 12 nitrogen and oxygen atoms in total. The van der Waals surface area contributed by atoms with Gasteiger partial charge < -0.3 is 43.2 Å². The number of rotatable bonds is 34. The largest absolute Gasteiger partial charge is 0.756 e. The van der Waals surface area contributed by atoms with Crippen LogP contribution in [0.3, 0.4) is 0 Å². The van der Waals surface area contributed by atoms with E-state index in [0.717, 1.165) is 38.5 Å². The topological polar surface area (TPSA) is 172 Å². The highest BCUT2D eigenvalue weighted by atomic mass is 31.2. The molecule has 0 heterocycles. The van der Waals surface area contributed by atoms with Crippen molar-refractivity contribution in [2.24, 2.45) is 11.8 Å². The molecular weight excluding hydrogens is 725 g/mol. The van der Waals surface area contributed by atoms with E-state index >= 15 is 0 Å². The lowest BCUT2D eigenvalue weighted by molar-refractivity contribution is -0.870. The maximum absolute atomic E-state index is 12.8. The first-order chi connectivity index (χ1) is 26.2. The predicted molar refractivity (Wildman–Crippen MR) is 215 cm³/mol. The number of phosphoric acid groups is 1. The molecule has 1 aliphatic carbocycles. The van der Waals surface area contributed by atoms with E-state index in [4.69, 9.17) is 18.5 Å². The van der Waals surface area contributed by atoms with Crippen molar-refractivity contribution in [3.05, 3.63) is 24.3 Å². The van der Waals surface area contributed by atoms with Crippen molar-refractivity contribution in [1.82, 2.24) is 0 Å². The van der Waals surface area contributed by atoms with Gasteiger partial charge in [-0.3, -0.25) is 14.2 Å². The molecule has 55 heavy (non-hydrogen) atoms. The van der Waals surface area contributed by atoms with Gasteiger partial charge in [-0.25, -0.2) is 0 Å². The van der Waals surface area contributed by atoms with Crippen molar-refractivity contribution in [3.8, 4) is 0 Å². The summed E-state index contributed by atoms with van der Waals surface area (Å²) < 4.78 is 33.7. The van der Waals surface area contributed by atoms with Crippen molar-refractivity contribution in [2.75, 3.05) is 47.5 Å². The minimum Gasteiger partial charge on any atom is -0.756 e. The van der Waals surface area contributed by atoms with Crippen LogP contribution in [-0.4, -0.2) is 104 Å². The van der Waals surface area contributed by atoms with E-state index < -0.39 is 50.8 Å². The minimum absolute atomic E-state index is 0.0868. The van der Waals surface area contributed by atoms with Crippen molar-refractivity contribution < 1.29 is 57.4 Å². The summed E-state index contributed by atoms with van der Waals surface area (Å²) in [6.07, 6.45) is 23.4. The van der Waals surface area contributed by atoms with E-state index in [1.54, 1.807) is 24.3 Å². The Morgan fingerprint density at radius 2 is 1.38 bits per heavy atom. The number of esters is 2. The van der Waals surface area contributed by atoms with Crippen molar-refractivity contribution in [1.29, 1.82) is 0 Å². The molecule has 0 bridgehead atoms. The van der Waals surface area contributed by atoms with Crippen LogP contribution in [0, 0.1) is 11.8 Å². The van der Waals surface area contributed by atoms with Crippen LogP contribution in [0.2, 0.25) is 0 Å². The molecule has 0 aromatic rings. The van der Waals surface area contributed by atoms with E-state index in [1.165, 1.54) is 57.8 Å². The number of hydrogen-bond acceptors (Lipinski definition) is 11. The van der Waals surface area contributed by atoms with E-state index in [0.29, 0.717) is 30.3 Å². The molecule has 0 aromatic heterocycles. The highest BCUT2D eigenvalue weighted by Crippen LogP contribution is 2.38. The number of aliphatic hydroxyl groups excluding tert-OH is 3. The molecule has 1 saturated carbocycles. The molecule has 0 amide bonds. The molecule has 0 radical (unpaired) electrons. The first-order valence-corrected chi connectivity index (χ1v) is 22.8. The smallest absolute Gasteiger partial charge is 0.310 e. The number of nitrogens with zero attached hydrogens (tertiary/aromatic N) is 1. The lowest BCUT2D eigenvalue weighted by atomic mass is 9.89. The van der Waals surface area contributed by atoms with Gasteiger partial charge in [0.15, 0.2) is 6.10 Å². The summed E-state index contributed by atoms with van der Waals surface area (Å²) in [5.74, 6) is -1.76. The lowest BCUT2D eigenvalue weighted by Crippen LogP contribution is -2.37. The van der Waals surface area contributed by atoms with Crippen LogP contribution >= 0.6 is 7.82 Å². The Balaban J connectivity index is 2.59. The van der Waals surface area contributed by atoms with E-state index in [1.807, 2.05) is 21.1 Å². The molecule has 7 atom stereocenters. The van der Waals surface area contributed by atoms with E-state index in [2.05, 4.69) is 13.8 Å². The quantitative estimate of drug-likeness (QED) is 0.0196. The van der Waals surface area contributed by atoms with Gasteiger partial charge >= 0.3 is 11.9 Å². The third kappa shape index (κ3) is 27.6. The SMILES string of the molecule is CCCCCCCCCCCCCCCC(=O)OC[C@H](COP(=O)([O-])OCC[N+](C)(C)C)OC(=O)C/C=C\C[C@H]1[C@@H](/C=C/[C@H](O)CCCCC)[C@H](O)C[C@@H]1O. The number of aliphatic hydroxyl groups is 3. The Labute approximate surface area is 333 Å². The summed E-state index contributed by atoms with van der Waals surface area (Å²) in [6.45, 7) is 3.73. The van der Waals surface area contributed by atoms with Crippen LogP contribution in [0.5, 0.6) is 0 Å². The van der Waals surface area contributed by atoms with E-state index in [-0.39, 0.29) is 44.3 Å². The van der Waals surface area contributed by atoms with Crippen molar-refractivity contribution in [3.63, 3.8) is 0 Å². The summed E-state index contributed by atoms with van der Waals surface area (Å²) in [5, 5.41) is 31.4. The Morgan fingerprint density at radius 1 is 0.800 bits per heavy atom. The molecule has 0 aromatic carbocycles. The summed E-state index contributed by atoms with van der Waals surface area (Å²) in [7, 11) is 0.973. The van der Waals surface area contributed by atoms with Crippen LogP contribution in [0.25, 0.3) is 0 Å². The van der Waals surface area contributed by atoms with Crippen molar-refractivity contribution >= 4 is 19.8 Å². The zero-order valence-corrected chi connectivity index (χ0v) is 35.8. The van der Waals surface area contributed by atoms with Gasteiger partial charge in [0, 0.05) is 18.8 Å². The lowest BCUT2D eigenvalue weighted by Gasteiger charge is -2.28. The van der Waals surface area contributed by atoms with Crippen LogP contribution in [0.15, 0.2) is 24.3 Å². The predicted octanol–water partition coefficient (Wildman–Crippen LogP) is 7.32. The number of likely N-dealkylation sites (N-methyl/N-ethyl adjacent to an activating group) is 1. The standard InChI is InChI=1S/C42H78NO11P/c1-6-8-10-11-12-13-14-15-16-17-18-19-21-26-41(47)51-33-36(34-53-55(49,50)52-31-30-43(3,4)5)54-42(48)27-23-22-25-37-38(40(46)32-39(37)45)29-28-35(44)24-20-9-7-2/h22-23,28-29,35-40,44-46H,6-21,24-27,30-34H2,1-5H3/b23-22-,29-28+/t35-,36-,37+,38-,39+,40-/m1/s1. The summed E-state index contributed by atoms with van der Waals surface area (Å²) in [6, 6.07) is 0. The fourth-order valence-corrected chi connectivity index (χ4v) is 7.36. The van der Waals surface area contributed by atoms with Gasteiger partial charge in [0.2, 0.25) is 0 Å². The fraction of sp³-hybridized carbons (Fsp3) is 0.857. The fourth-order valence-electron chi connectivity index (χ4n) is 6.63. The normalized spacial score (nSPS) is 21.3. The Hall–Kier alpha value is -1.63. The van der Waals surface area contributed by atoms with Crippen LogP contribution in [0.4, 0.5) is 0 Å². The number of carbonyl (C=O) groups is 2. The number of allylic oxidation sites excluding steroid dienone is 1. The highest BCUT2D eigenvalue weighted by Gasteiger charge is 2.39. The average Bonchev–Trinajstić information content (AvgIpc) is 3.39. The molecule has 1 fully saturated rings. The number of ether oxygens (including phenoxy) is 2. The molecule has 1 unspecified atom stereocenters. The molecular formula is C42H78NO11P. The van der Waals surface area contributed by atoms with Gasteiger partial charge in [0.1, 0.15) is 19.8 Å². The summed E-state index contributed by atoms with van der Waals surface area (Å²) in [5.41, 5.74) is 0. The number of quaternary nitrogens is 1. The van der Waals surface area contributed by atoms with Gasteiger partial charge in [0.25, 0.3) is 7.82 Å². The summed E-state index contributed by atoms with van der Waals surface area (Å²) >= 11 is 0. The number of unbranched alkanes of at least 4 members (excludes halogenated alkanes) is 14. The minimum atomic E-state index is -4.71. The first kappa shape index (κ1) is 51.4. The third-order valence-electron chi connectivity index (χ3n) is 10.1. The first-order valence-electron chi connectivity index (χ1n) is 21.3. The van der Waals surface area contributed by atoms with Crippen LogP contribution in [0.1, 0.15) is 149 Å².